The molecule has 0 saturated heterocycles. The minimum Gasteiger partial charge on any atom is -0.300 e. The van der Waals surface area contributed by atoms with Crippen LogP contribution in [0.1, 0.15) is 72.6 Å². The van der Waals surface area contributed by atoms with Crippen LogP contribution in [0, 0.1) is 10.8 Å². The molecule has 0 unspecified atom stereocenters. The molecule has 0 aromatic heterocycles. The van der Waals surface area contributed by atoms with Gasteiger partial charge in [-0.05, 0) is 33.1 Å². The highest BCUT2D eigenvalue weighted by Gasteiger charge is 2.48. The van der Waals surface area contributed by atoms with Gasteiger partial charge in [-0.3, -0.25) is 9.59 Å². The second-order valence-electron chi connectivity index (χ2n) is 7.26. The molecule has 0 aromatic carbocycles. The number of carbonyl (C=O) groups is 2. The van der Waals surface area contributed by atoms with Crippen LogP contribution >= 0.6 is 0 Å². The second-order valence-corrected chi connectivity index (χ2v) is 7.26. The first-order chi connectivity index (χ1) is 8.78. The van der Waals surface area contributed by atoms with Crippen LogP contribution < -0.4 is 0 Å². The molecule has 0 heterocycles. The Balaban J connectivity index is 2.41. The second kappa shape index (κ2) is 4.88. The molecule has 2 rings (SSSR count). The van der Waals surface area contributed by atoms with Gasteiger partial charge in [-0.15, -0.1) is 0 Å². The Morgan fingerprint density at radius 3 is 2.16 bits per heavy atom. The van der Waals surface area contributed by atoms with Gasteiger partial charge in [0, 0.05) is 22.8 Å². The molecule has 2 aliphatic carbocycles. The molecule has 0 radical (unpaired) electrons. The molecule has 1 fully saturated rings. The molecule has 0 aliphatic heterocycles. The fourth-order valence-corrected chi connectivity index (χ4v) is 4.28. The molecule has 106 valence electrons. The Morgan fingerprint density at radius 1 is 1.16 bits per heavy atom. The zero-order chi connectivity index (χ0) is 14.3. The number of Topliss-reactive ketones (excluding diaryl/α,β-unsaturated/α-hetero) is 2. The van der Waals surface area contributed by atoms with Crippen molar-refractivity contribution in [3.05, 3.63) is 11.1 Å². The van der Waals surface area contributed by atoms with E-state index in [2.05, 4.69) is 6.92 Å². The molecule has 0 amide bonds. The van der Waals surface area contributed by atoms with E-state index in [9.17, 15) is 9.59 Å². The highest BCUT2D eigenvalue weighted by atomic mass is 16.1. The Kier molecular flexibility index (Phi) is 3.72. The van der Waals surface area contributed by atoms with Crippen LogP contribution in [0.4, 0.5) is 0 Å². The van der Waals surface area contributed by atoms with E-state index < -0.39 is 0 Å². The Bertz CT molecular complexity index is 434. The molecule has 0 aromatic rings. The monoisotopic (exact) mass is 262 g/mol. The summed E-state index contributed by atoms with van der Waals surface area (Å²) >= 11 is 0. The number of allylic oxidation sites excluding steroid dienone is 2. The lowest BCUT2D eigenvalue weighted by molar-refractivity contribution is -0.124. The van der Waals surface area contributed by atoms with Crippen molar-refractivity contribution in [2.45, 2.75) is 72.6 Å². The van der Waals surface area contributed by atoms with Crippen LogP contribution in [-0.4, -0.2) is 11.6 Å². The lowest BCUT2D eigenvalue weighted by Gasteiger charge is -2.39. The minimum atomic E-state index is -0.263. The van der Waals surface area contributed by atoms with Gasteiger partial charge in [-0.1, -0.05) is 38.7 Å². The number of carbonyl (C=O) groups excluding carboxylic acids is 2. The van der Waals surface area contributed by atoms with Crippen molar-refractivity contribution in [1.29, 1.82) is 0 Å². The van der Waals surface area contributed by atoms with Crippen molar-refractivity contribution in [2.24, 2.45) is 10.8 Å². The van der Waals surface area contributed by atoms with E-state index >= 15 is 0 Å². The molecule has 2 heteroatoms. The molecule has 1 saturated carbocycles. The van der Waals surface area contributed by atoms with Gasteiger partial charge in [0.25, 0.3) is 0 Å². The summed E-state index contributed by atoms with van der Waals surface area (Å²) in [4.78, 5) is 24.5. The van der Waals surface area contributed by atoms with E-state index in [1.165, 1.54) is 12.0 Å². The van der Waals surface area contributed by atoms with Crippen LogP contribution in [0.15, 0.2) is 11.1 Å². The quantitative estimate of drug-likeness (QED) is 0.762. The predicted octanol–water partition coefficient (Wildman–Crippen LogP) is 4.23. The SMILES string of the molecule is CC(=O)CC1(C2=C(C)CC(C)(C)C2=O)CCCCC1. The lowest BCUT2D eigenvalue weighted by atomic mass is 9.64. The maximum absolute atomic E-state index is 12.8. The maximum atomic E-state index is 12.8. The fourth-order valence-electron chi connectivity index (χ4n) is 4.28. The summed E-state index contributed by atoms with van der Waals surface area (Å²) in [7, 11) is 0. The average Bonchev–Trinajstić information content (AvgIpc) is 2.48. The van der Waals surface area contributed by atoms with Crippen molar-refractivity contribution in [2.75, 3.05) is 0 Å². The molecule has 0 atom stereocenters. The van der Waals surface area contributed by atoms with E-state index in [1.807, 2.05) is 13.8 Å². The highest BCUT2D eigenvalue weighted by Crippen LogP contribution is 2.53. The summed E-state index contributed by atoms with van der Waals surface area (Å²) < 4.78 is 0. The Hall–Kier alpha value is -0.920. The first-order valence-corrected chi connectivity index (χ1v) is 7.53. The van der Waals surface area contributed by atoms with Gasteiger partial charge >= 0.3 is 0 Å². The Morgan fingerprint density at radius 2 is 1.74 bits per heavy atom. The molecular formula is C17H26O2. The minimum absolute atomic E-state index is 0.140. The van der Waals surface area contributed by atoms with Gasteiger partial charge in [0.2, 0.25) is 0 Å². The fraction of sp³-hybridized carbons (Fsp3) is 0.765. The standard InChI is InChI=1S/C17H26O2/c1-12-10-16(3,4)15(19)14(12)17(11-13(2)18)8-6-5-7-9-17/h5-11H2,1-4H3. The van der Waals surface area contributed by atoms with E-state index in [1.54, 1.807) is 6.92 Å². The molecule has 0 N–H and O–H groups in total. The van der Waals surface area contributed by atoms with Crippen molar-refractivity contribution >= 4 is 11.6 Å². The van der Waals surface area contributed by atoms with Crippen LogP contribution in [0.3, 0.4) is 0 Å². The first-order valence-electron chi connectivity index (χ1n) is 7.53. The van der Waals surface area contributed by atoms with E-state index in [0.29, 0.717) is 12.2 Å². The molecule has 2 aliphatic rings. The molecule has 0 bridgehead atoms. The summed E-state index contributed by atoms with van der Waals surface area (Å²) in [5, 5.41) is 0. The summed E-state index contributed by atoms with van der Waals surface area (Å²) in [5.74, 6) is 0.521. The molecular weight excluding hydrogens is 236 g/mol. The summed E-state index contributed by atoms with van der Waals surface area (Å²) in [6.45, 7) is 7.83. The lowest BCUT2D eigenvalue weighted by Crippen LogP contribution is -2.34. The topological polar surface area (TPSA) is 34.1 Å². The zero-order valence-electron chi connectivity index (χ0n) is 12.8. The molecule has 19 heavy (non-hydrogen) atoms. The maximum Gasteiger partial charge on any atom is 0.165 e. The average molecular weight is 262 g/mol. The van der Waals surface area contributed by atoms with E-state index in [4.69, 9.17) is 0 Å². The van der Waals surface area contributed by atoms with Crippen LogP contribution in [0.25, 0.3) is 0 Å². The third-order valence-electron chi connectivity index (χ3n) is 4.90. The molecule has 2 nitrogen and oxygen atoms in total. The highest BCUT2D eigenvalue weighted by molar-refractivity contribution is 6.04. The van der Waals surface area contributed by atoms with E-state index in [0.717, 1.165) is 37.7 Å². The largest absolute Gasteiger partial charge is 0.300 e. The number of hydrogen-bond donors (Lipinski definition) is 0. The van der Waals surface area contributed by atoms with Crippen molar-refractivity contribution in [3.63, 3.8) is 0 Å². The number of ketones is 2. The van der Waals surface area contributed by atoms with Gasteiger partial charge in [0.15, 0.2) is 5.78 Å². The van der Waals surface area contributed by atoms with Crippen LogP contribution in [0.5, 0.6) is 0 Å². The predicted molar refractivity (Wildman–Crippen MR) is 76.9 cm³/mol. The smallest absolute Gasteiger partial charge is 0.165 e. The first kappa shape index (κ1) is 14.5. The van der Waals surface area contributed by atoms with Gasteiger partial charge in [0.1, 0.15) is 5.78 Å². The third-order valence-corrected chi connectivity index (χ3v) is 4.90. The van der Waals surface area contributed by atoms with Crippen LogP contribution in [-0.2, 0) is 9.59 Å². The van der Waals surface area contributed by atoms with Gasteiger partial charge < -0.3 is 0 Å². The summed E-state index contributed by atoms with van der Waals surface area (Å²) in [6.07, 6.45) is 6.99. The van der Waals surface area contributed by atoms with Crippen molar-refractivity contribution < 1.29 is 9.59 Å². The normalized spacial score (nSPS) is 25.8. The number of hydrogen-bond acceptors (Lipinski definition) is 2. The summed E-state index contributed by atoms with van der Waals surface area (Å²) in [5.41, 5.74) is 1.85. The Labute approximate surface area is 116 Å². The van der Waals surface area contributed by atoms with Crippen LogP contribution in [0.2, 0.25) is 0 Å². The van der Waals surface area contributed by atoms with Crippen molar-refractivity contribution in [1.82, 2.24) is 0 Å². The van der Waals surface area contributed by atoms with Crippen molar-refractivity contribution in [3.8, 4) is 0 Å². The summed E-state index contributed by atoms with van der Waals surface area (Å²) in [6, 6.07) is 0. The zero-order valence-corrected chi connectivity index (χ0v) is 12.8. The molecule has 0 spiro atoms. The van der Waals surface area contributed by atoms with E-state index in [-0.39, 0.29) is 16.6 Å². The third kappa shape index (κ3) is 2.54. The van der Waals surface area contributed by atoms with Gasteiger partial charge in [-0.2, -0.15) is 0 Å². The van der Waals surface area contributed by atoms with Gasteiger partial charge in [0.05, 0.1) is 0 Å². The van der Waals surface area contributed by atoms with Gasteiger partial charge in [-0.25, -0.2) is 0 Å². The number of rotatable bonds is 3.